The van der Waals surface area contributed by atoms with Gasteiger partial charge in [-0.1, -0.05) is 30.4 Å². The highest BCUT2D eigenvalue weighted by Gasteiger charge is 2.43. The van der Waals surface area contributed by atoms with Crippen LogP contribution in [0.15, 0.2) is 60.7 Å². The number of piperidine rings is 1. The summed E-state index contributed by atoms with van der Waals surface area (Å²) in [6, 6.07) is 16.0. The third-order valence-electron chi connectivity index (χ3n) is 7.49. The van der Waals surface area contributed by atoms with E-state index in [1.807, 2.05) is 41.3 Å². The van der Waals surface area contributed by atoms with E-state index in [9.17, 15) is 9.59 Å². The highest BCUT2D eigenvalue weighted by molar-refractivity contribution is 5.92. The van der Waals surface area contributed by atoms with Gasteiger partial charge in [0.25, 0.3) is 5.91 Å². The first-order chi connectivity index (χ1) is 18.6. The van der Waals surface area contributed by atoms with Crippen LogP contribution in [-0.2, 0) is 20.7 Å². The number of carbonyl (C=O) groups is 2. The monoisotopic (exact) mass is 518 g/mol. The number of amides is 2. The Bertz CT molecular complexity index is 1130. The zero-order chi connectivity index (χ0) is 26.2. The molecule has 0 bridgehead atoms. The van der Waals surface area contributed by atoms with E-state index in [0.717, 1.165) is 36.5 Å². The third kappa shape index (κ3) is 6.55. The first kappa shape index (κ1) is 26.3. The molecule has 2 N–H and O–H groups in total. The SMILES string of the molecule is O=C(CN1CCOC2(C/C=C/Cc3ccccc3OCCNC2=O)C1)Nc1ccc(N2CCCCC2)cc1. The quantitative estimate of drug-likeness (QED) is 0.604. The molecular formula is C30H38N4O4. The summed E-state index contributed by atoms with van der Waals surface area (Å²) in [5, 5.41) is 6.00. The second-order valence-corrected chi connectivity index (χ2v) is 10.3. The van der Waals surface area contributed by atoms with Crippen molar-refractivity contribution in [1.29, 1.82) is 0 Å². The second kappa shape index (κ2) is 12.5. The lowest BCUT2D eigenvalue weighted by molar-refractivity contribution is -0.160. The van der Waals surface area contributed by atoms with E-state index in [1.54, 1.807) is 0 Å². The van der Waals surface area contributed by atoms with Gasteiger partial charge in [-0.3, -0.25) is 14.5 Å². The van der Waals surface area contributed by atoms with Crippen LogP contribution >= 0.6 is 0 Å². The molecule has 3 aliphatic heterocycles. The van der Waals surface area contributed by atoms with Crippen LogP contribution in [0.3, 0.4) is 0 Å². The topological polar surface area (TPSA) is 83.1 Å². The molecule has 8 heteroatoms. The van der Waals surface area contributed by atoms with E-state index in [4.69, 9.17) is 9.47 Å². The van der Waals surface area contributed by atoms with Crippen molar-refractivity contribution in [2.75, 3.05) is 62.7 Å². The van der Waals surface area contributed by atoms with Crippen molar-refractivity contribution >= 4 is 23.2 Å². The Morgan fingerprint density at radius 3 is 2.63 bits per heavy atom. The molecule has 2 aromatic rings. The van der Waals surface area contributed by atoms with Crippen molar-refractivity contribution in [3.63, 3.8) is 0 Å². The van der Waals surface area contributed by atoms with E-state index >= 15 is 0 Å². The smallest absolute Gasteiger partial charge is 0.254 e. The normalized spacial score (nSPS) is 23.8. The van der Waals surface area contributed by atoms with Gasteiger partial charge in [0.15, 0.2) is 5.60 Å². The summed E-state index contributed by atoms with van der Waals surface area (Å²) < 4.78 is 12.0. The molecule has 1 unspecified atom stereocenters. The summed E-state index contributed by atoms with van der Waals surface area (Å²) in [6.07, 6.45) is 8.99. The number of ether oxygens (including phenoxy) is 2. The fraction of sp³-hybridized carbons (Fsp3) is 0.467. The molecule has 0 aliphatic carbocycles. The van der Waals surface area contributed by atoms with E-state index < -0.39 is 5.60 Å². The van der Waals surface area contributed by atoms with Crippen LogP contribution in [0.1, 0.15) is 31.2 Å². The van der Waals surface area contributed by atoms with Crippen LogP contribution in [0.25, 0.3) is 0 Å². The molecule has 38 heavy (non-hydrogen) atoms. The first-order valence-electron chi connectivity index (χ1n) is 13.8. The number of anilines is 2. The van der Waals surface area contributed by atoms with Crippen molar-refractivity contribution in [3.8, 4) is 5.75 Å². The Labute approximate surface area is 225 Å². The zero-order valence-electron chi connectivity index (χ0n) is 22.0. The molecule has 1 spiro atoms. The van der Waals surface area contributed by atoms with E-state index in [-0.39, 0.29) is 18.4 Å². The molecule has 1 atom stereocenters. The Kier molecular flexibility index (Phi) is 8.61. The summed E-state index contributed by atoms with van der Waals surface area (Å²) in [5.41, 5.74) is 2.06. The van der Waals surface area contributed by atoms with E-state index in [2.05, 4.69) is 39.8 Å². The molecule has 0 radical (unpaired) electrons. The van der Waals surface area contributed by atoms with E-state index in [1.165, 1.54) is 24.9 Å². The number of allylic oxidation sites excluding steroid dienone is 1. The number of rotatable bonds is 4. The number of fused-ring (bicyclic) bond motifs is 1. The molecule has 2 aromatic carbocycles. The molecule has 3 heterocycles. The number of hydrogen-bond donors (Lipinski definition) is 2. The number of hydrogen-bond acceptors (Lipinski definition) is 6. The van der Waals surface area contributed by atoms with Gasteiger partial charge in [0.05, 0.1) is 19.7 Å². The Balaban J connectivity index is 1.20. The zero-order valence-corrected chi connectivity index (χ0v) is 22.0. The van der Waals surface area contributed by atoms with Crippen LogP contribution in [0.4, 0.5) is 11.4 Å². The fourth-order valence-electron chi connectivity index (χ4n) is 5.44. The fourth-order valence-corrected chi connectivity index (χ4v) is 5.44. The number of nitrogens with zero attached hydrogens (tertiary/aromatic N) is 2. The van der Waals surface area contributed by atoms with Crippen LogP contribution in [0, 0.1) is 0 Å². The minimum atomic E-state index is -1.04. The Hall–Kier alpha value is -3.36. The summed E-state index contributed by atoms with van der Waals surface area (Å²) in [6.45, 7) is 4.48. The molecule has 2 amide bonds. The number of para-hydroxylation sites is 1. The summed E-state index contributed by atoms with van der Waals surface area (Å²) in [7, 11) is 0. The second-order valence-electron chi connectivity index (χ2n) is 10.3. The standard InChI is InChI=1S/C30H38N4O4/c35-28(32-25-11-13-26(14-12-25)34-17-6-1-7-18-34)22-33-19-21-38-30(23-33)15-5-4-9-24-8-2-3-10-27(24)37-20-16-31-29(30)36/h2-5,8,10-14H,1,6-7,9,15-23H2,(H,31,36)(H,32,35)/b5-4+. The lowest BCUT2D eigenvalue weighted by Gasteiger charge is -2.41. The van der Waals surface area contributed by atoms with Crippen molar-refractivity contribution in [3.05, 3.63) is 66.2 Å². The lowest BCUT2D eigenvalue weighted by Crippen LogP contribution is -2.60. The van der Waals surface area contributed by atoms with Crippen molar-refractivity contribution < 1.29 is 19.1 Å². The molecule has 8 nitrogen and oxygen atoms in total. The molecule has 5 rings (SSSR count). The van der Waals surface area contributed by atoms with Crippen molar-refractivity contribution in [2.24, 2.45) is 0 Å². The minimum absolute atomic E-state index is 0.0955. The average Bonchev–Trinajstić information content (AvgIpc) is 2.94. The van der Waals surface area contributed by atoms with Gasteiger partial charge in [0.2, 0.25) is 5.91 Å². The van der Waals surface area contributed by atoms with Gasteiger partial charge in [-0.15, -0.1) is 0 Å². The molecule has 2 saturated heterocycles. The van der Waals surface area contributed by atoms with Crippen molar-refractivity contribution in [1.82, 2.24) is 10.2 Å². The van der Waals surface area contributed by atoms with Crippen LogP contribution in [0.2, 0.25) is 0 Å². The maximum Gasteiger partial charge on any atom is 0.254 e. The number of carbonyl (C=O) groups excluding carboxylic acids is 2. The van der Waals surface area contributed by atoms with Gasteiger partial charge in [-0.05, 0) is 61.6 Å². The van der Waals surface area contributed by atoms with Crippen LogP contribution in [0.5, 0.6) is 5.75 Å². The Morgan fingerprint density at radius 1 is 0.974 bits per heavy atom. The molecule has 2 fully saturated rings. The van der Waals surface area contributed by atoms with Crippen LogP contribution < -0.4 is 20.3 Å². The largest absolute Gasteiger partial charge is 0.491 e. The van der Waals surface area contributed by atoms with Gasteiger partial charge in [0.1, 0.15) is 12.4 Å². The lowest BCUT2D eigenvalue weighted by atomic mass is 9.94. The maximum atomic E-state index is 13.3. The highest BCUT2D eigenvalue weighted by atomic mass is 16.5. The predicted molar refractivity (Wildman–Crippen MR) is 149 cm³/mol. The van der Waals surface area contributed by atoms with Gasteiger partial charge in [-0.25, -0.2) is 0 Å². The summed E-state index contributed by atoms with van der Waals surface area (Å²) >= 11 is 0. The van der Waals surface area contributed by atoms with Crippen molar-refractivity contribution in [2.45, 2.75) is 37.7 Å². The summed E-state index contributed by atoms with van der Waals surface area (Å²) in [4.78, 5) is 30.6. The molecule has 3 aliphatic rings. The molecular weight excluding hydrogens is 480 g/mol. The minimum Gasteiger partial charge on any atom is -0.491 e. The van der Waals surface area contributed by atoms with Crippen LogP contribution in [-0.4, -0.2) is 74.8 Å². The Morgan fingerprint density at radius 2 is 1.79 bits per heavy atom. The van der Waals surface area contributed by atoms with Gasteiger partial charge in [0, 0.05) is 44.0 Å². The average molecular weight is 519 g/mol. The first-order valence-corrected chi connectivity index (χ1v) is 13.8. The van der Waals surface area contributed by atoms with Gasteiger partial charge in [-0.2, -0.15) is 0 Å². The molecule has 0 saturated carbocycles. The van der Waals surface area contributed by atoms with Gasteiger partial charge >= 0.3 is 0 Å². The molecule has 0 aromatic heterocycles. The number of nitrogens with one attached hydrogen (secondary N) is 2. The van der Waals surface area contributed by atoms with Gasteiger partial charge < -0.3 is 25.0 Å². The number of benzene rings is 2. The molecule has 202 valence electrons. The van der Waals surface area contributed by atoms with E-state index in [0.29, 0.717) is 39.3 Å². The maximum absolute atomic E-state index is 13.3. The predicted octanol–water partition coefficient (Wildman–Crippen LogP) is 3.38. The number of morpholine rings is 1. The highest BCUT2D eigenvalue weighted by Crippen LogP contribution is 2.26. The third-order valence-corrected chi connectivity index (χ3v) is 7.49. The summed E-state index contributed by atoms with van der Waals surface area (Å²) in [5.74, 6) is 0.578.